The normalized spacial score (nSPS) is 16.9. The summed E-state index contributed by atoms with van der Waals surface area (Å²) >= 11 is 3.59. The highest BCUT2D eigenvalue weighted by Crippen LogP contribution is 2.39. The van der Waals surface area contributed by atoms with Crippen LogP contribution in [0.2, 0.25) is 0 Å². The van der Waals surface area contributed by atoms with Gasteiger partial charge in [-0.25, -0.2) is 4.68 Å². The number of fused-ring (bicyclic) bond motifs is 1. The van der Waals surface area contributed by atoms with Gasteiger partial charge in [0, 0.05) is 22.4 Å². The number of aromatic nitrogens is 2. The van der Waals surface area contributed by atoms with E-state index in [2.05, 4.69) is 26.3 Å². The molecular weight excluding hydrogens is 358 g/mol. The molecule has 4 rings (SSSR count). The van der Waals surface area contributed by atoms with Crippen molar-refractivity contribution in [2.45, 2.75) is 18.9 Å². The van der Waals surface area contributed by atoms with E-state index in [0.717, 1.165) is 27.2 Å². The number of furan rings is 1. The van der Waals surface area contributed by atoms with Crippen LogP contribution < -0.4 is 5.32 Å². The Morgan fingerprint density at radius 3 is 2.91 bits per heavy atom. The molecule has 0 saturated heterocycles. The highest BCUT2D eigenvalue weighted by molar-refractivity contribution is 9.10. The van der Waals surface area contributed by atoms with Crippen LogP contribution in [0.25, 0.3) is 0 Å². The number of anilines is 1. The van der Waals surface area contributed by atoms with Gasteiger partial charge < -0.3 is 9.73 Å². The molecule has 1 aromatic carbocycles. The van der Waals surface area contributed by atoms with Crippen molar-refractivity contribution in [2.75, 3.05) is 5.32 Å². The Morgan fingerprint density at radius 2 is 2.13 bits per heavy atom. The third-order valence-electron chi connectivity index (χ3n) is 4.06. The van der Waals surface area contributed by atoms with Crippen LogP contribution in [-0.4, -0.2) is 15.7 Å². The molecule has 0 spiro atoms. The average Bonchev–Trinajstić information content (AvgIpc) is 3.18. The summed E-state index contributed by atoms with van der Waals surface area (Å²) in [4.78, 5) is 12.2. The molecule has 3 aromatic rings. The topological polar surface area (TPSA) is 60.1 Å². The number of benzene rings is 1. The zero-order chi connectivity index (χ0) is 15.8. The Hall–Kier alpha value is -2.34. The summed E-state index contributed by atoms with van der Waals surface area (Å²) in [7, 11) is 0. The van der Waals surface area contributed by atoms with E-state index in [-0.39, 0.29) is 11.8 Å². The minimum Gasteiger partial charge on any atom is -0.467 e. The van der Waals surface area contributed by atoms with Crippen molar-refractivity contribution in [1.82, 2.24) is 9.78 Å². The maximum absolute atomic E-state index is 12.2. The van der Waals surface area contributed by atoms with Gasteiger partial charge in [0.25, 0.3) is 0 Å². The minimum atomic E-state index is -0.000511. The lowest BCUT2D eigenvalue weighted by molar-refractivity contribution is -0.116. The highest BCUT2D eigenvalue weighted by atomic mass is 79.9. The third kappa shape index (κ3) is 2.59. The molecule has 1 atom stereocenters. The van der Waals surface area contributed by atoms with E-state index in [1.807, 2.05) is 42.6 Å². The molecule has 0 saturated carbocycles. The molecule has 0 radical (unpaired) electrons. The fraction of sp³-hybridized carbons (Fsp3) is 0.176. The number of carbonyl (C=O) groups is 1. The van der Waals surface area contributed by atoms with Crippen LogP contribution in [0.5, 0.6) is 0 Å². The van der Waals surface area contributed by atoms with E-state index < -0.39 is 0 Å². The molecule has 1 amide bonds. The fourth-order valence-electron chi connectivity index (χ4n) is 2.98. The zero-order valence-electron chi connectivity index (χ0n) is 12.2. The lowest BCUT2D eigenvalue weighted by Crippen LogP contribution is -2.25. The first kappa shape index (κ1) is 14.3. The second kappa shape index (κ2) is 5.70. The molecule has 0 fully saturated rings. The summed E-state index contributed by atoms with van der Waals surface area (Å²) in [5.74, 6) is 1.55. The summed E-state index contributed by atoms with van der Waals surface area (Å²) in [6.45, 7) is 0.491. The fourth-order valence-corrected chi connectivity index (χ4v) is 3.54. The number of rotatable bonds is 3. The van der Waals surface area contributed by atoms with Crippen molar-refractivity contribution in [3.8, 4) is 0 Å². The standard InChI is InChI=1S/C17H14BrN3O2/c18-15-6-2-1-5-12(15)13-8-16(22)20-17-14(13)9-19-21(17)10-11-4-3-7-23-11/h1-7,9,13H,8,10H2,(H,20,22)/t13-/m1/s1. The van der Waals surface area contributed by atoms with Crippen molar-refractivity contribution in [2.24, 2.45) is 0 Å². The van der Waals surface area contributed by atoms with Gasteiger partial charge in [0.2, 0.25) is 5.91 Å². The molecule has 2 aromatic heterocycles. The quantitative estimate of drug-likeness (QED) is 0.762. The van der Waals surface area contributed by atoms with Crippen molar-refractivity contribution in [3.05, 3.63) is 70.2 Å². The number of amides is 1. The number of nitrogens with zero attached hydrogens (tertiary/aromatic N) is 2. The summed E-state index contributed by atoms with van der Waals surface area (Å²) in [5, 5.41) is 7.38. The predicted octanol–water partition coefficient (Wildman–Crippen LogP) is 3.76. The van der Waals surface area contributed by atoms with Crippen molar-refractivity contribution in [3.63, 3.8) is 0 Å². The smallest absolute Gasteiger partial charge is 0.226 e. The molecule has 1 aliphatic rings. The number of nitrogens with one attached hydrogen (secondary N) is 1. The van der Waals surface area contributed by atoms with Gasteiger partial charge in [-0.1, -0.05) is 34.1 Å². The van der Waals surface area contributed by atoms with Crippen LogP contribution in [0.4, 0.5) is 5.82 Å². The molecule has 6 heteroatoms. The van der Waals surface area contributed by atoms with Gasteiger partial charge in [-0.15, -0.1) is 0 Å². The Morgan fingerprint density at radius 1 is 1.26 bits per heavy atom. The largest absolute Gasteiger partial charge is 0.467 e. The molecule has 5 nitrogen and oxygen atoms in total. The molecule has 0 unspecified atom stereocenters. The summed E-state index contributed by atoms with van der Waals surface area (Å²) in [6.07, 6.45) is 3.89. The van der Waals surface area contributed by atoms with E-state index in [0.29, 0.717) is 13.0 Å². The Balaban J connectivity index is 1.75. The molecule has 0 bridgehead atoms. The van der Waals surface area contributed by atoms with E-state index >= 15 is 0 Å². The molecule has 1 aliphatic heterocycles. The number of carbonyl (C=O) groups excluding carboxylic acids is 1. The summed E-state index contributed by atoms with van der Waals surface area (Å²) < 4.78 is 8.15. The Labute approximate surface area is 141 Å². The molecule has 116 valence electrons. The van der Waals surface area contributed by atoms with Crippen LogP contribution in [0.3, 0.4) is 0 Å². The first-order chi connectivity index (χ1) is 11.2. The lowest BCUT2D eigenvalue weighted by Gasteiger charge is -2.24. The first-order valence-electron chi connectivity index (χ1n) is 7.35. The SMILES string of the molecule is O=C1C[C@H](c2ccccc2Br)c2cnn(Cc3ccco3)c2N1. The van der Waals surface area contributed by atoms with Gasteiger partial charge in [0.1, 0.15) is 18.1 Å². The molecule has 23 heavy (non-hydrogen) atoms. The molecule has 1 N–H and O–H groups in total. The van der Waals surface area contributed by atoms with Crippen molar-refractivity contribution < 1.29 is 9.21 Å². The van der Waals surface area contributed by atoms with Crippen molar-refractivity contribution in [1.29, 1.82) is 0 Å². The number of hydrogen-bond donors (Lipinski definition) is 1. The van der Waals surface area contributed by atoms with Gasteiger partial charge in [0.15, 0.2) is 0 Å². The van der Waals surface area contributed by atoms with Crippen LogP contribution in [0.1, 0.15) is 29.2 Å². The second-order valence-electron chi connectivity index (χ2n) is 5.51. The van der Waals surface area contributed by atoms with Crippen LogP contribution >= 0.6 is 15.9 Å². The molecular formula is C17H14BrN3O2. The van der Waals surface area contributed by atoms with E-state index in [1.165, 1.54) is 0 Å². The molecule has 0 aliphatic carbocycles. The summed E-state index contributed by atoms with van der Waals surface area (Å²) in [6, 6.07) is 11.7. The second-order valence-corrected chi connectivity index (χ2v) is 6.37. The predicted molar refractivity (Wildman–Crippen MR) is 89.3 cm³/mol. The number of halogens is 1. The minimum absolute atomic E-state index is 0.000300. The van der Waals surface area contributed by atoms with E-state index in [9.17, 15) is 4.79 Å². The van der Waals surface area contributed by atoms with E-state index in [4.69, 9.17) is 4.42 Å². The van der Waals surface area contributed by atoms with Crippen molar-refractivity contribution >= 4 is 27.7 Å². The number of hydrogen-bond acceptors (Lipinski definition) is 3. The van der Waals surface area contributed by atoms with Gasteiger partial charge in [-0.05, 0) is 23.8 Å². The van der Waals surface area contributed by atoms with Gasteiger partial charge in [-0.2, -0.15) is 5.10 Å². The van der Waals surface area contributed by atoms with Gasteiger partial charge >= 0.3 is 0 Å². The van der Waals surface area contributed by atoms with Crippen LogP contribution in [0.15, 0.2) is 57.7 Å². The lowest BCUT2D eigenvalue weighted by atomic mass is 9.87. The first-order valence-corrected chi connectivity index (χ1v) is 8.14. The highest BCUT2D eigenvalue weighted by Gasteiger charge is 2.31. The van der Waals surface area contributed by atoms with Gasteiger partial charge in [0.05, 0.1) is 12.5 Å². The van der Waals surface area contributed by atoms with E-state index in [1.54, 1.807) is 10.9 Å². The van der Waals surface area contributed by atoms with Gasteiger partial charge in [-0.3, -0.25) is 4.79 Å². The maximum Gasteiger partial charge on any atom is 0.226 e. The Kier molecular flexibility index (Phi) is 3.53. The van der Waals surface area contributed by atoms with Crippen LogP contribution in [-0.2, 0) is 11.3 Å². The average molecular weight is 372 g/mol. The maximum atomic E-state index is 12.2. The monoisotopic (exact) mass is 371 g/mol. The third-order valence-corrected chi connectivity index (χ3v) is 4.78. The Bertz CT molecular complexity index is 855. The summed E-state index contributed by atoms with van der Waals surface area (Å²) in [5.41, 5.74) is 2.13. The zero-order valence-corrected chi connectivity index (χ0v) is 13.8. The van der Waals surface area contributed by atoms with Crippen LogP contribution in [0, 0.1) is 0 Å². The molecule has 3 heterocycles.